The third kappa shape index (κ3) is 4.01. The zero-order valence-electron chi connectivity index (χ0n) is 10.2. The van der Waals surface area contributed by atoms with E-state index in [-0.39, 0.29) is 17.0 Å². The van der Waals surface area contributed by atoms with Crippen LogP contribution in [-0.4, -0.2) is 5.91 Å². The number of carbonyl (C=O) groups is 1. The molecule has 16 heavy (non-hydrogen) atoms. The first-order valence-corrected chi connectivity index (χ1v) is 5.34. The lowest BCUT2D eigenvalue weighted by Crippen LogP contribution is -2.20. The SMILES string of the molecule is Cc1ccc(F)c(NC(=O)CC(C)(C)C)c1. The molecular formula is C13H18FNO. The van der Waals surface area contributed by atoms with Gasteiger partial charge in [-0.05, 0) is 30.0 Å². The first-order chi connectivity index (χ1) is 7.28. The highest BCUT2D eigenvalue weighted by molar-refractivity contribution is 5.91. The summed E-state index contributed by atoms with van der Waals surface area (Å²) in [6.45, 7) is 7.77. The predicted octanol–water partition coefficient (Wildman–Crippen LogP) is 3.51. The second-order valence-electron chi connectivity index (χ2n) is 5.27. The van der Waals surface area contributed by atoms with Crippen LogP contribution in [0.25, 0.3) is 0 Å². The van der Waals surface area contributed by atoms with E-state index in [1.165, 1.54) is 6.07 Å². The predicted molar refractivity (Wildman–Crippen MR) is 63.8 cm³/mol. The molecule has 1 aromatic carbocycles. The number of hydrogen-bond acceptors (Lipinski definition) is 1. The molecule has 1 N–H and O–H groups in total. The van der Waals surface area contributed by atoms with Crippen molar-refractivity contribution < 1.29 is 9.18 Å². The summed E-state index contributed by atoms with van der Waals surface area (Å²) < 4.78 is 13.3. The van der Waals surface area contributed by atoms with E-state index in [9.17, 15) is 9.18 Å². The number of carbonyl (C=O) groups excluding carboxylic acids is 1. The Labute approximate surface area is 95.9 Å². The quantitative estimate of drug-likeness (QED) is 0.816. The van der Waals surface area contributed by atoms with E-state index in [0.717, 1.165) is 5.56 Å². The fourth-order valence-corrected chi connectivity index (χ4v) is 1.41. The summed E-state index contributed by atoms with van der Waals surface area (Å²) in [5, 5.41) is 2.59. The van der Waals surface area contributed by atoms with Crippen molar-refractivity contribution in [3.63, 3.8) is 0 Å². The van der Waals surface area contributed by atoms with Gasteiger partial charge in [0.05, 0.1) is 5.69 Å². The molecule has 0 radical (unpaired) electrons. The Kier molecular flexibility index (Phi) is 3.68. The van der Waals surface area contributed by atoms with Gasteiger partial charge in [-0.25, -0.2) is 4.39 Å². The highest BCUT2D eigenvalue weighted by Crippen LogP contribution is 2.21. The largest absolute Gasteiger partial charge is 0.324 e. The third-order valence-corrected chi connectivity index (χ3v) is 2.09. The normalized spacial score (nSPS) is 11.3. The van der Waals surface area contributed by atoms with E-state index in [1.807, 2.05) is 27.7 Å². The van der Waals surface area contributed by atoms with Crippen molar-refractivity contribution in [2.24, 2.45) is 5.41 Å². The minimum atomic E-state index is -0.396. The van der Waals surface area contributed by atoms with E-state index in [1.54, 1.807) is 12.1 Å². The molecule has 0 bridgehead atoms. The standard InChI is InChI=1S/C13H18FNO/c1-9-5-6-10(14)11(7-9)15-12(16)8-13(2,3)4/h5-7H,8H2,1-4H3,(H,15,16). The van der Waals surface area contributed by atoms with Crippen LogP contribution in [-0.2, 0) is 4.79 Å². The van der Waals surface area contributed by atoms with Gasteiger partial charge in [0.1, 0.15) is 5.82 Å². The van der Waals surface area contributed by atoms with Crippen molar-refractivity contribution in [1.29, 1.82) is 0 Å². The molecule has 0 aliphatic heterocycles. The number of hydrogen-bond donors (Lipinski definition) is 1. The van der Waals surface area contributed by atoms with E-state index in [4.69, 9.17) is 0 Å². The van der Waals surface area contributed by atoms with Gasteiger partial charge in [-0.3, -0.25) is 4.79 Å². The minimum Gasteiger partial charge on any atom is -0.324 e. The van der Waals surface area contributed by atoms with Crippen molar-refractivity contribution in [3.05, 3.63) is 29.6 Å². The maximum absolute atomic E-state index is 13.3. The molecule has 3 heteroatoms. The zero-order valence-corrected chi connectivity index (χ0v) is 10.2. The summed E-state index contributed by atoms with van der Waals surface area (Å²) in [6, 6.07) is 4.67. The van der Waals surface area contributed by atoms with Gasteiger partial charge in [0.15, 0.2) is 0 Å². The van der Waals surface area contributed by atoms with Crippen LogP contribution in [0.4, 0.5) is 10.1 Å². The van der Waals surface area contributed by atoms with Gasteiger partial charge in [-0.15, -0.1) is 0 Å². The minimum absolute atomic E-state index is 0.0929. The van der Waals surface area contributed by atoms with Gasteiger partial charge < -0.3 is 5.32 Å². The molecule has 0 atom stereocenters. The number of nitrogens with one attached hydrogen (secondary N) is 1. The summed E-state index contributed by atoms with van der Waals surface area (Å²) >= 11 is 0. The summed E-state index contributed by atoms with van der Waals surface area (Å²) in [6.07, 6.45) is 0.375. The molecule has 0 saturated heterocycles. The molecule has 1 amide bonds. The molecule has 0 aliphatic rings. The second kappa shape index (κ2) is 4.64. The fourth-order valence-electron chi connectivity index (χ4n) is 1.41. The van der Waals surface area contributed by atoms with E-state index >= 15 is 0 Å². The van der Waals surface area contributed by atoms with Crippen molar-refractivity contribution in [1.82, 2.24) is 0 Å². The Bertz CT molecular complexity index is 393. The maximum Gasteiger partial charge on any atom is 0.224 e. The Morgan fingerprint density at radius 3 is 2.56 bits per heavy atom. The summed E-state index contributed by atoms with van der Waals surface area (Å²) in [4.78, 5) is 11.6. The van der Waals surface area contributed by atoms with Crippen LogP contribution in [0.2, 0.25) is 0 Å². The monoisotopic (exact) mass is 223 g/mol. The van der Waals surface area contributed by atoms with E-state index in [0.29, 0.717) is 6.42 Å². The molecule has 1 aromatic rings. The van der Waals surface area contributed by atoms with Gasteiger partial charge in [0.2, 0.25) is 5.91 Å². The smallest absolute Gasteiger partial charge is 0.224 e. The lowest BCUT2D eigenvalue weighted by Gasteiger charge is -2.17. The van der Waals surface area contributed by atoms with Gasteiger partial charge in [-0.1, -0.05) is 26.8 Å². The molecule has 0 aliphatic carbocycles. The van der Waals surface area contributed by atoms with Crippen molar-refractivity contribution in [3.8, 4) is 0 Å². The molecule has 2 nitrogen and oxygen atoms in total. The number of amides is 1. The van der Waals surface area contributed by atoms with Gasteiger partial charge in [0.25, 0.3) is 0 Å². The van der Waals surface area contributed by atoms with Crippen LogP contribution in [0.3, 0.4) is 0 Å². The number of aryl methyl sites for hydroxylation is 1. The van der Waals surface area contributed by atoms with Crippen LogP contribution < -0.4 is 5.32 Å². The lowest BCUT2D eigenvalue weighted by molar-refractivity contribution is -0.117. The molecule has 1 rings (SSSR count). The Balaban J connectivity index is 2.73. The van der Waals surface area contributed by atoms with Gasteiger partial charge in [-0.2, -0.15) is 0 Å². The second-order valence-corrected chi connectivity index (χ2v) is 5.27. The van der Waals surface area contributed by atoms with Crippen molar-refractivity contribution in [2.45, 2.75) is 34.1 Å². The highest BCUT2D eigenvalue weighted by Gasteiger charge is 2.16. The highest BCUT2D eigenvalue weighted by atomic mass is 19.1. The number of benzene rings is 1. The number of halogens is 1. The summed E-state index contributed by atoms with van der Waals surface area (Å²) in [7, 11) is 0. The number of rotatable bonds is 2. The average Bonchev–Trinajstić information content (AvgIpc) is 2.08. The molecule has 0 fully saturated rings. The lowest BCUT2D eigenvalue weighted by atomic mass is 9.92. The Morgan fingerprint density at radius 1 is 1.38 bits per heavy atom. The topological polar surface area (TPSA) is 29.1 Å². The number of anilines is 1. The molecule has 88 valence electrons. The Morgan fingerprint density at radius 2 is 2.00 bits per heavy atom. The first kappa shape index (κ1) is 12.7. The van der Waals surface area contributed by atoms with E-state index in [2.05, 4.69) is 5.32 Å². The molecular weight excluding hydrogens is 205 g/mol. The average molecular weight is 223 g/mol. The fraction of sp³-hybridized carbons (Fsp3) is 0.462. The van der Waals surface area contributed by atoms with E-state index < -0.39 is 5.82 Å². The third-order valence-electron chi connectivity index (χ3n) is 2.09. The molecule has 0 unspecified atom stereocenters. The molecule has 0 spiro atoms. The zero-order chi connectivity index (χ0) is 12.3. The summed E-state index contributed by atoms with van der Waals surface area (Å²) in [5.41, 5.74) is 1.09. The van der Waals surface area contributed by atoms with Crippen LogP contribution in [0.15, 0.2) is 18.2 Å². The van der Waals surface area contributed by atoms with Gasteiger partial charge >= 0.3 is 0 Å². The Hall–Kier alpha value is -1.38. The van der Waals surface area contributed by atoms with Crippen LogP contribution in [0.5, 0.6) is 0 Å². The van der Waals surface area contributed by atoms with Crippen molar-refractivity contribution >= 4 is 11.6 Å². The van der Waals surface area contributed by atoms with Crippen molar-refractivity contribution in [2.75, 3.05) is 5.32 Å². The summed E-state index contributed by atoms with van der Waals surface area (Å²) in [5.74, 6) is -0.551. The van der Waals surface area contributed by atoms with Gasteiger partial charge in [0, 0.05) is 6.42 Å². The van der Waals surface area contributed by atoms with Crippen LogP contribution in [0.1, 0.15) is 32.8 Å². The van der Waals surface area contributed by atoms with Crippen LogP contribution in [0, 0.1) is 18.2 Å². The molecule has 0 aromatic heterocycles. The van der Waals surface area contributed by atoms with Crippen LogP contribution >= 0.6 is 0 Å². The first-order valence-electron chi connectivity index (χ1n) is 5.34. The maximum atomic E-state index is 13.3. The molecule has 0 saturated carbocycles. The molecule has 0 heterocycles.